The number of rotatable bonds is 9. The Morgan fingerprint density at radius 3 is 2.49 bits per heavy atom. The molecule has 17 atom stereocenters. The Balaban J connectivity index is 1.10. The number of aliphatic hydroxyl groups is 6. The molecule has 6 aliphatic rings. The van der Waals surface area contributed by atoms with Crippen LogP contribution in [0.3, 0.4) is 0 Å². The molecule has 7 N–H and O–H groups in total. The van der Waals surface area contributed by atoms with Gasteiger partial charge < -0.3 is 44.8 Å². The van der Waals surface area contributed by atoms with Crippen molar-refractivity contribution in [2.24, 2.45) is 46.3 Å². The Morgan fingerprint density at radius 2 is 1.81 bits per heavy atom. The molecule has 2 aliphatic heterocycles. The van der Waals surface area contributed by atoms with Crippen LogP contribution in [0.4, 0.5) is 0 Å². The van der Waals surface area contributed by atoms with E-state index in [-0.39, 0.29) is 54.1 Å². The van der Waals surface area contributed by atoms with Gasteiger partial charge in [-0.3, -0.25) is 4.55 Å². The minimum atomic E-state index is -4.71. The second-order valence-electron chi connectivity index (χ2n) is 16.0. The zero-order valence-electron chi connectivity index (χ0n) is 27.7. The fourth-order valence-electron chi connectivity index (χ4n) is 10.9. The monoisotopic (exact) mass is 690 g/mol. The van der Waals surface area contributed by atoms with Crippen molar-refractivity contribution in [2.75, 3.05) is 13.2 Å². The van der Waals surface area contributed by atoms with Gasteiger partial charge in [-0.25, -0.2) is 4.18 Å². The van der Waals surface area contributed by atoms with Crippen LogP contribution in [-0.4, -0.2) is 112 Å². The average molecular weight is 691 g/mol. The first-order valence-electron chi connectivity index (χ1n) is 17.3. The van der Waals surface area contributed by atoms with E-state index in [1.165, 1.54) is 0 Å². The molecule has 270 valence electrons. The van der Waals surface area contributed by atoms with E-state index < -0.39 is 71.1 Å². The van der Waals surface area contributed by atoms with E-state index in [4.69, 9.17) is 18.4 Å². The van der Waals surface area contributed by atoms with Gasteiger partial charge in [0.15, 0.2) is 12.1 Å². The molecule has 0 unspecified atom stereocenters. The SMILES string of the molecule is C[C@H](CC[C@@]1(O)O[C@H]2C[C@H]3[C@@H]4CC=C5C[C@@H](O)C[C@@H](OS(=O)(=O)O)[C@]5(C)[C@H]4CC[C@]3(C)[C@H]2[C@@H]1C)CO[C@@H]1O[C@H](CO)[C@@H](O)[C@H](O)[C@H]1O. The summed E-state index contributed by atoms with van der Waals surface area (Å²) >= 11 is 0. The summed E-state index contributed by atoms with van der Waals surface area (Å²) in [5, 5.41) is 62.2. The molecule has 6 rings (SSSR count). The topological polar surface area (TPSA) is 213 Å². The smallest absolute Gasteiger partial charge is 0.394 e. The lowest BCUT2D eigenvalue weighted by atomic mass is 9.46. The molecule has 5 fully saturated rings. The van der Waals surface area contributed by atoms with Crippen molar-refractivity contribution in [1.82, 2.24) is 0 Å². The number of fused-ring (bicyclic) bond motifs is 7. The third-order valence-electron chi connectivity index (χ3n) is 13.5. The molecule has 0 spiro atoms. The van der Waals surface area contributed by atoms with Crippen LogP contribution >= 0.6 is 0 Å². The molecule has 0 aromatic carbocycles. The van der Waals surface area contributed by atoms with Crippen LogP contribution in [0.15, 0.2) is 11.6 Å². The maximum Gasteiger partial charge on any atom is 0.397 e. The van der Waals surface area contributed by atoms with Gasteiger partial charge in [-0.1, -0.05) is 39.3 Å². The highest BCUT2D eigenvalue weighted by atomic mass is 32.3. The third kappa shape index (κ3) is 6.16. The first-order chi connectivity index (χ1) is 21.9. The zero-order chi connectivity index (χ0) is 34.3. The highest BCUT2D eigenvalue weighted by molar-refractivity contribution is 7.80. The Bertz CT molecular complexity index is 1290. The lowest BCUT2D eigenvalue weighted by molar-refractivity contribution is -0.303. The summed E-state index contributed by atoms with van der Waals surface area (Å²) < 4.78 is 56.3. The Hall–Kier alpha value is -0.750. The van der Waals surface area contributed by atoms with Crippen molar-refractivity contribution in [2.45, 2.75) is 134 Å². The predicted molar refractivity (Wildman–Crippen MR) is 165 cm³/mol. The fourth-order valence-corrected chi connectivity index (χ4v) is 11.5. The maximum absolute atomic E-state index is 11.9. The van der Waals surface area contributed by atoms with Gasteiger partial charge in [-0.05, 0) is 73.5 Å². The summed E-state index contributed by atoms with van der Waals surface area (Å²) in [5.74, 6) is -0.716. The molecule has 14 heteroatoms. The molecule has 2 saturated heterocycles. The van der Waals surface area contributed by atoms with Gasteiger partial charge in [0, 0.05) is 24.2 Å². The fraction of sp³-hybridized carbons (Fsp3) is 0.939. The molecule has 4 aliphatic carbocycles. The van der Waals surface area contributed by atoms with Crippen molar-refractivity contribution >= 4 is 10.4 Å². The quantitative estimate of drug-likeness (QED) is 0.134. The molecule has 0 radical (unpaired) electrons. The van der Waals surface area contributed by atoms with Gasteiger partial charge in [-0.15, -0.1) is 0 Å². The highest BCUT2D eigenvalue weighted by Crippen LogP contribution is 2.70. The second-order valence-corrected chi connectivity index (χ2v) is 17.0. The molecule has 13 nitrogen and oxygen atoms in total. The Kier molecular flexibility index (Phi) is 9.81. The molecule has 0 bridgehead atoms. The average Bonchev–Trinajstić information content (AvgIpc) is 3.43. The molecule has 0 aromatic heterocycles. The van der Waals surface area contributed by atoms with Gasteiger partial charge in [-0.2, -0.15) is 8.42 Å². The molecule has 0 aromatic rings. The summed E-state index contributed by atoms with van der Waals surface area (Å²) in [7, 11) is -4.71. The summed E-state index contributed by atoms with van der Waals surface area (Å²) in [5.41, 5.74) is 0.289. The van der Waals surface area contributed by atoms with Crippen LogP contribution in [0, 0.1) is 46.3 Å². The Labute approximate surface area is 277 Å². The minimum Gasteiger partial charge on any atom is -0.394 e. The van der Waals surface area contributed by atoms with E-state index in [0.717, 1.165) is 31.3 Å². The summed E-state index contributed by atoms with van der Waals surface area (Å²) in [6.07, 6.45) is -1.31. The zero-order valence-corrected chi connectivity index (χ0v) is 28.5. The van der Waals surface area contributed by atoms with Crippen LogP contribution < -0.4 is 0 Å². The van der Waals surface area contributed by atoms with E-state index in [1.807, 2.05) is 13.8 Å². The standard InChI is InChI=1S/C33H54O13S/c1-16(15-43-30-29(38)28(37)27(36)24(14-34)44-30)7-10-33(39)17(2)26-23(45-33)13-22-20-6-5-18-11-19(35)12-25(46-47(40,41)42)32(18,4)21(20)8-9-31(22,26)3/h5,16-17,19-30,34-39H,6-15H2,1-4H3,(H,40,41,42)/t16-,17+,19-,20-,21+,22+,23+,24-,25-,26+,27-,28+,29-,30-,31+,32+,33-/m1/s1. The third-order valence-corrected chi connectivity index (χ3v) is 13.9. The van der Waals surface area contributed by atoms with E-state index in [9.17, 15) is 43.6 Å². The largest absolute Gasteiger partial charge is 0.397 e. The molecule has 47 heavy (non-hydrogen) atoms. The van der Waals surface area contributed by atoms with Crippen LogP contribution in [0.25, 0.3) is 0 Å². The number of allylic oxidation sites excluding steroid dienone is 1. The number of aliphatic hydroxyl groups excluding tert-OH is 5. The van der Waals surface area contributed by atoms with E-state index in [2.05, 4.69) is 19.9 Å². The molecule has 2 heterocycles. The van der Waals surface area contributed by atoms with Crippen molar-refractivity contribution < 1.29 is 62.0 Å². The Morgan fingerprint density at radius 1 is 1.09 bits per heavy atom. The summed E-state index contributed by atoms with van der Waals surface area (Å²) in [6, 6.07) is 0. The number of hydrogen-bond acceptors (Lipinski definition) is 12. The lowest BCUT2D eigenvalue weighted by Crippen LogP contribution is -2.59. The van der Waals surface area contributed by atoms with Crippen molar-refractivity contribution in [3.8, 4) is 0 Å². The van der Waals surface area contributed by atoms with E-state index >= 15 is 0 Å². The highest BCUT2D eigenvalue weighted by Gasteiger charge is 2.68. The van der Waals surface area contributed by atoms with Crippen LogP contribution in [-0.2, 0) is 28.8 Å². The van der Waals surface area contributed by atoms with Crippen LogP contribution in [0.5, 0.6) is 0 Å². The second kappa shape index (κ2) is 12.8. The predicted octanol–water partition coefficient (Wildman–Crippen LogP) is 1.29. The normalized spacial score (nSPS) is 51.8. The molecular weight excluding hydrogens is 636 g/mol. The van der Waals surface area contributed by atoms with Crippen molar-refractivity contribution in [3.63, 3.8) is 0 Å². The molecule has 0 amide bonds. The van der Waals surface area contributed by atoms with Crippen molar-refractivity contribution in [3.05, 3.63) is 11.6 Å². The lowest BCUT2D eigenvalue weighted by Gasteiger charge is -2.59. The maximum atomic E-state index is 11.9. The van der Waals surface area contributed by atoms with Crippen molar-refractivity contribution in [1.29, 1.82) is 0 Å². The van der Waals surface area contributed by atoms with Crippen LogP contribution in [0.1, 0.15) is 79.1 Å². The number of ether oxygens (including phenoxy) is 3. The van der Waals surface area contributed by atoms with Gasteiger partial charge >= 0.3 is 10.4 Å². The first-order valence-corrected chi connectivity index (χ1v) is 18.6. The minimum absolute atomic E-state index is 0.0581. The molecule has 3 saturated carbocycles. The van der Waals surface area contributed by atoms with E-state index in [1.54, 1.807) is 0 Å². The first kappa shape index (κ1) is 36.1. The molecular formula is C33H54O13S. The van der Waals surface area contributed by atoms with Gasteiger partial charge in [0.2, 0.25) is 0 Å². The number of hydrogen-bond donors (Lipinski definition) is 7. The van der Waals surface area contributed by atoms with E-state index in [0.29, 0.717) is 25.2 Å². The summed E-state index contributed by atoms with van der Waals surface area (Å²) in [4.78, 5) is 0. The van der Waals surface area contributed by atoms with Gasteiger partial charge in [0.25, 0.3) is 0 Å². The van der Waals surface area contributed by atoms with Gasteiger partial charge in [0.1, 0.15) is 24.4 Å². The summed E-state index contributed by atoms with van der Waals surface area (Å²) in [6.45, 7) is 8.00. The van der Waals surface area contributed by atoms with Crippen LogP contribution in [0.2, 0.25) is 0 Å². The van der Waals surface area contributed by atoms with Gasteiger partial charge in [0.05, 0.1) is 31.5 Å².